The molecule has 3 heteroatoms. The molecule has 0 rings (SSSR count). The van der Waals surface area contributed by atoms with E-state index >= 15 is 0 Å². The van der Waals surface area contributed by atoms with Gasteiger partial charge in [0.05, 0.1) is 0 Å². The summed E-state index contributed by atoms with van der Waals surface area (Å²) in [6, 6.07) is 2.52. The second-order valence-corrected chi connectivity index (χ2v) is 22.3. The van der Waals surface area contributed by atoms with Gasteiger partial charge in [-0.2, -0.15) is 0 Å². The molecule has 0 bridgehead atoms. The van der Waals surface area contributed by atoms with E-state index in [0.29, 0.717) is 24.2 Å². The summed E-state index contributed by atoms with van der Waals surface area (Å²) in [4.78, 5) is 0. The van der Waals surface area contributed by atoms with Gasteiger partial charge in [0.15, 0.2) is 0 Å². The van der Waals surface area contributed by atoms with Crippen molar-refractivity contribution in [2.24, 2.45) is 0 Å². The Morgan fingerprint density at radius 1 is 0.429 bits per heavy atom. The van der Waals surface area contributed by atoms with Crippen molar-refractivity contribution in [2.45, 2.75) is 115 Å². The van der Waals surface area contributed by atoms with E-state index < -0.39 is 18.9 Å². The Bertz CT molecular complexity index is 250. The third-order valence-corrected chi connectivity index (χ3v) is 25.1. The molecule has 0 radical (unpaired) electrons. The van der Waals surface area contributed by atoms with Crippen molar-refractivity contribution in [3.8, 4) is 0 Å². The van der Waals surface area contributed by atoms with Crippen LogP contribution in [-0.4, -0.2) is 49.3 Å². The fourth-order valence-corrected chi connectivity index (χ4v) is 25.7. The number of hydrogen-bond donors (Lipinski definition) is 0. The Morgan fingerprint density at radius 2 is 0.619 bits per heavy atom. The van der Waals surface area contributed by atoms with Crippen LogP contribution in [0.5, 0.6) is 0 Å². The maximum absolute atomic E-state index is 2.96. The van der Waals surface area contributed by atoms with Crippen LogP contribution in [0.15, 0.2) is 0 Å². The summed E-state index contributed by atoms with van der Waals surface area (Å²) in [5, 5.41) is 0. The van der Waals surface area contributed by atoms with Crippen LogP contribution in [-0.2, 0) is 0 Å². The van der Waals surface area contributed by atoms with E-state index in [2.05, 4.69) is 89.3 Å². The van der Waals surface area contributed by atoms with Gasteiger partial charge in [-0.15, -0.1) is 0 Å². The molecule has 0 aromatic carbocycles. The molecule has 0 saturated heterocycles. The zero-order chi connectivity index (χ0) is 17.1. The molecule has 0 aliphatic heterocycles. The van der Waals surface area contributed by atoms with Gasteiger partial charge in [0.2, 0.25) is 0 Å². The van der Waals surface area contributed by atoms with Gasteiger partial charge in [-0.25, -0.2) is 0 Å². The average molecular weight is 405 g/mol. The van der Waals surface area contributed by atoms with E-state index in [4.69, 9.17) is 0 Å². The first kappa shape index (κ1) is 21.7. The second-order valence-electron chi connectivity index (χ2n) is 8.28. The van der Waals surface area contributed by atoms with Crippen LogP contribution in [0.2, 0.25) is 7.87 Å². The molecule has 2 nitrogen and oxygen atoms in total. The molecule has 0 spiro atoms. The predicted molar refractivity (Wildman–Crippen MR) is 100 cm³/mol. The Labute approximate surface area is 140 Å². The number of hydrogen-bond acceptors (Lipinski definition) is 2. The monoisotopic (exact) mass is 406 g/mol. The molecule has 0 unspecified atom stereocenters. The zero-order valence-electron chi connectivity index (χ0n) is 16.9. The topological polar surface area (TPSA) is 6.48 Å². The van der Waals surface area contributed by atoms with Crippen LogP contribution < -0.4 is 0 Å². The number of nitrogens with zero attached hydrogens (tertiary/aromatic N) is 2. The molecule has 128 valence electrons. The molecule has 0 heterocycles. The van der Waals surface area contributed by atoms with Crippen LogP contribution in [0.1, 0.15) is 83.1 Å². The van der Waals surface area contributed by atoms with Crippen LogP contribution >= 0.6 is 0 Å². The van der Waals surface area contributed by atoms with Crippen molar-refractivity contribution < 1.29 is 0 Å². The molecular formula is C18H42N2Sn. The van der Waals surface area contributed by atoms with Crippen LogP contribution in [0, 0.1) is 0 Å². The van der Waals surface area contributed by atoms with E-state index in [9.17, 15) is 0 Å². The van der Waals surface area contributed by atoms with Gasteiger partial charge >= 0.3 is 140 Å². The molecular weight excluding hydrogens is 363 g/mol. The van der Waals surface area contributed by atoms with E-state index in [-0.39, 0.29) is 0 Å². The molecule has 0 N–H and O–H groups in total. The minimum absolute atomic E-state index is 0.630. The zero-order valence-corrected chi connectivity index (χ0v) is 19.7. The molecule has 0 atom stereocenters. The van der Waals surface area contributed by atoms with Gasteiger partial charge in [0, 0.05) is 0 Å². The summed E-state index contributed by atoms with van der Waals surface area (Å²) >= 11 is -2.76. The second kappa shape index (κ2) is 8.54. The summed E-state index contributed by atoms with van der Waals surface area (Å²) in [6.45, 7) is 29.2. The van der Waals surface area contributed by atoms with E-state index in [1.807, 2.05) is 0 Å². The molecule has 0 aromatic heterocycles. The summed E-state index contributed by atoms with van der Waals surface area (Å²) in [6.07, 6.45) is 0. The fourth-order valence-electron chi connectivity index (χ4n) is 4.84. The van der Waals surface area contributed by atoms with Gasteiger partial charge in [-0.3, -0.25) is 0 Å². The Kier molecular flexibility index (Phi) is 8.83. The Balaban J connectivity index is 6.32. The minimum atomic E-state index is -2.76. The quantitative estimate of drug-likeness (QED) is 0.493. The molecule has 21 heavy (non-hydrogen) atoms. The summed E-state index contributed by atoms with van der Waals surface area (Å²) in [7, 11) is 0. The summed E-state index contributed by atoms with van der Waals surface area (Å²) < 4.78 is 7.50. The first-order valence-corrected chi connectivity index (χ1v) is 14.8. The predicted octanol–water partition coefficient (Wildman–Crippen LogP) is 5.49. The molecule has 0 saturated carbocycles. The number of rotatable bonds is 8. The Morgan fingerprint density at radius 3 is 0.714 bits per heavy atom. The van der Waals surface area contributed by atoms with Crippen molar-refractivity contribution in [3.05, 3.63) is 0 Å². The Hall–Kier alpha value is 0.719. The van der Waals surface area contributed by atoms with Gasteiger partial charge < -0.3 is 0 Å². The standard InChI is InChI=1S/2C6H14N.2C3H7.Sn/c2*1-5(2)7-6(3)4;2*1-3-2;/h2*5-6H,1-4H3;2*3H,1-2H3;/q2*-1;;;+2. The SMILES string of the molecule is CC(C)[N](C(C)C)[Sn]([CH](C)C)([CH](C)C)[N](C(C)C)C(C)C. The maximum atomic E-state index is 2.96. The molecule has 0 aliphatic rings. The summed E-state index contributed by atoms with van der Waals surface area (Å²) in [5.41, 5.74) is 0. The fraction of sp³-hybridized carbons (Fsp3) is 1.00. The molecule has 0 amide bonds. The van der Waals surface area contributed by atoms with E-state index in [1.54, 1.807) is 0 Å². The average Bonchev–Trinajstić information content (AvgIpc) is 2.24. The van der Waals surface area contributed by atoms with E-state index in [0.717, 1.165) is 7.87 Å². The molecule has 0 aromatic rings. The van der Waals surface area contributed by atoms with Gasteiger partial charge in [0.1, 0.15) is 0 Å². The first-order chi connectivity index (χ1) is 9.42. The summed E-state index contributed by atoms with van der Waals surface area (Å²) in [5.74, 6) is 0. The van der Waals surface area contributed by atoms with Gasteiger partial charge in [-0.05, 0) is 0 Å². The van der Waals surface area contributed by atoms with Crippen molar-refractivity contribution in [1.29, 1.82) is 0 Å². The van der Waals surface area contributed by atoms with E-state index in [1.165, 1.54) is 0 Å². The molecule has 0 fully saturated rings. The third-order valence-electron chi connectivity index (χ3n) is 4.75. The first-order valence-electron chi connectivity index (χ1n) is 8.99. The van der Waals surface area contributed by atoms with Gasteiger partial charge in [-0.1, -0.05) is 0 Å². The van der Waals surface area contributed by atoms with Crippen LogP contribution in [0.4, 0.5) is 0 Å². The molecule has 0 aliphatic carbocycles. The van der Waals surface area contributed by atoms with Crippen molar-refractivity contribution in [3.63, 3.8) is 0 Å². The van der Waals surface area contributed by atoms with Crippen LogP contribution in [0.25, 0.3) is 0 Å². The van der Waals surface area contributed by atoms with Crippen LogP contribution in [0.3, 0.4) is 0 Å². The van der Waals surface area contributed by atoms with Crippen molar-refractivity contribution >= 4 is 18.9 Å². The third kappa shape index (κ3) is 4.38. The normalized spacial score (nSPS) is 14.3. The van der Waals surface area contributed by atoms with Crippen molar-refractivity contribution in [1.82, 2.24) is 6.24 Å². The van der Waals surface area contributed by atoms with Gasteiger partial charge in [0.25, 0.3) is 0 Å². The van der Waals surface area contributed by atoms with Crippen molar-refractivity contribution in [2.75, 3.05) is 0 Å².